The molecule has 0 bridgehead atoms. The topological polar surface area (TPSA) is 111 Å². The zero-order valence-corrected chi connectivity index (χ0v) is 24.9. The highest BCUT2D eigenvalue weighted by atomic mass is 19.1. The minimum absolute atomic E-state index is 0.0333. The minimum Gasteiger partial charge on any atom is -0.465 e. The summed E-state index contributed by atoms with van der Waals surface area (Å²) in [5, 5.41) is 11.6. The number of rotatable bonds is 9. The number of hydrogen-bond acceptors (Lipinski definition) is 7. The van der Waals surface area contributed by atoms with Gasteiger partial charge >= 0.3 is 6.09 Å². The molecule has 2 saturated heterocycles. The number of benzene rings is 1. The molecule has 42 heavy (non-hydrogen) atoms. The van der Waals surface area contributed by atoms with Crippen molar-refractivity contribution in [1.82, 2.24) is 25.1 Å². The molecule has 3 fully saturated rings. The van der Waals surface area contributed by atoms with Crippen LogP contribution in [0.5, 0.6) is 11.5 Å². The first-order valence-electron chi connectivity index (χ1n) is 15.2. The van der Waals surface area contributed by atoms with E-state index in [-0.39, 0.29) is 34.7 Å². The number of amides is 2. The summed E-state index contributed by atoms with van der Waals surface area (Å²) in [6.45, 7) is 11.3. The zero-order valence-electron chi connectivity index (χ0n) is 24.9. The lowest BCUT2D eigenvalue weighted by Gasteiger charge is -2.54. The quantitative estimate of drug-likeness (QED) is 0.425. The van der Waals surface area contributed by atoms with Crippen molar-refractivity contribution in [2.75, 3.05) is 44.2 Å². The Kier molecular flexibility index (Phi) is 9.15. The second-order valence-corrected chi connectivity index (χ2v) is 12.5. The standard InChI is InChI=1S/C31H43FN6O4/c1-4-38(21(2)3)29(39)25-15-23(32)7-10-26(25)42-27-16-33-20-34-28(27)37-18-31(19-37)11-13-36(14-12-31)17-22-5-8-24(9-6-22)35-30(40)41/h7,10,15-16,20-22,24,35H,4-6,8-9,11-14,17-19H2,1-3H3,(H,40,41)/t22-,24-. The van der Waals surface area contributed by atoms with Crippen LogP contribution >= 0.6 is 0 Å². The van der Waals surface area contributed by atoms with Gasteiger partial charge in [0, 0.05) is 43.7 Å². The van der Waals surface area contributed by atoms with Gasteiger partial charge in [0.25, 0.3) is 5.91 Å². The van der Waals surface area contributed by atoms with Gasteiger partial charge in [-0.15, -0.1) is 0 Å². The predicted octanol–water partition coefficient (Wildman–Crippen LogP) is 5.01. The van der Waals surface area contributed by atoms with Gasteiger partial charge in [-0.2, -0.15) is 0 Å². The van der Waals surface area contributed by atoms with E-state index < -0.39 is 11.9 Å². The van der Waals surface area contributed by atoms with Gasteiger partial charge in [-0.05, 0) is 96.5 Å². The molecule has 1 aliphatic carbocycles. The molecule has 0 unspecified atom stereocenters. The van der Waals surface area contributed by atoms with E-state index >= 15 is 0 Å². The summed E-state index contributed by atoms with van der Waals surface area (Å²) in [6.07, 6.45) is 8.44. The molecule has 3 aliphatic rings. The van der Waals surface area contributed by atoms with Gasteiger partial charge in [0.15, 0.2) is 11.6 Å². The van der Waals surface area contributed by atoms with E-state index in [2.05, 4.69) is 25.1 Å². The predicted molar refractivity (Wildman–Crippen MR) is 158 cm³/mol. The van der Waals surface area contributed by atoms with Crippen LogP contribution in [0.2, 0.25) is 0 Å². The minimum atomic E-state index is -0.921. The summed E-state index contributed by atoms with van der Waals surface area (Å²) in [5.74, 6) is 1.29. The lowest BCUT2D eigenvalue weighted by molar-refractivity contribution is 0.0614. The summed E-state index contributed by atoms with van der Waals surface area (Å²) in [6, 6.07) is 4.09. The van der Waals surface area contributed by atoms with Crippen molar-refractivity contribution in [3.8, 4) is 11.5 Å². The van der Waals surface area contributed by atoms with Crippen LogP contribution in [0.15, 0.2) is 30.7 Å². The molecule has 1 aromatic carbocycles. The maximum absolute atomic E-state index is 14.2. The summed E-state index contributed by atoms with van der Waals surface area (Å²) in [5.41, 5.74) is 0.428. The molecular formula is C31H43FN6O4. The molecule has 3 heterocycles. The highest BCUT2D eigenvalue weighted by Crippen LogP contribution is 2.45. The number of hydrogen-bond donors (Lipinski definition) is 2. The number of anilines is 1. The van der Waals surface area contributed by atoms with E-state index in [1.165, 1.54) is 24.5 Å². The molecular weight excluding hydrogens is 539 g/mol. The van der Waals surface area contributed by atoms with Crippen molar-refractivity contribution in [1.29, 1.82) is 0 Å². The lowest BCUT2D eigenvalue weighted by Crippen LogP contribution is -2.61. The second-order valence-electron chi connectivity index (χ2n) is 12.5. The summed E-state index contributed by atoms with van der Waals surface area (Å²) in [7, 11) is 0. The highest BCUT2D eigenvalue weighted by molar-refractivity contribution is 5.97. The van der Waals surface area contributed by atoms with Crippen molar-refractivity contribution in [3.63, 3.8) is 0 Å². The second kappa shape index (κ2) is 12.8. The monoisotopic (exact) mass is 582 g/mol. The van der Waals surface area contributed by atoms with Gasteiger partial charge in [-0.3, -0.25) is 4.79 Å². The fourth-order valence-corrected chi connectivity index (χ4v) is 6.86. The Labute approximate surface area is 247 Å². The third-order valence-corrected chi connectivity index (χ3v) is 9.24. The summed E-state index contributed by atoms with van der Waals surface area (Å²) < 4.78 is 20.4. The molecule has 1 aromatic heterocycles. The first kappa shape index (κ1) is 30.0. The first-order valence-corrected chi connectivity index (χ1v) is 15.2. The van der Waals surface area contributed by atoms with Crippen LogP contribution < -0.4 is 15.0 Å². The molecule has 1 spiro atoms. The van der Waals surface area contributed by atoms with Gasteiger partial charge in [-0.1, -0.05) is 0 Å². The van der Waals surface area contributed by atoms with E-state index in [9.17, 15) is 14.0 Å². The Hall–Kier alpha value is -3.47. The molecule has 0 atom stereocenters. The molecule has 228 valence electrons. The van der Waals surface area contributed by atoms with Crippen molar-refractivity contribution >= 4 is 17.8 Å². The molecule has 2 amide bonds. The van der Waals surface area contributed by atoms with Crippen molar-refractivity contribution in [2.24, 2.45) is 11.3 Å². The molecule has 2 aromatic rings. The smallest absolute Gasteiger partial charge is 0.404 e. The Balaban J connectivity index is 1.18. The third kappa shape index (κ3) is 6.77. The Morgan fingerprint density at radius 2 is 1.88 bits per heavy atom. The number of carbonyl (C=O) groups excluding carboxylic acids is 1. The maximum atomic E-state index is 14.2. The van der Waals surface area contributed by atoms with Crippen LogP contribution in [0.3, 0.4) is 0 Å². The number of nitrogens with one attached hydrogen (secondary N) is 1. The van der Waals surface area contributed by atoms with Gasteiger partial charge in [0.05, 0.1) is 11.8 Å². The largest absolute Gasteiger partial charge is 0.465 e. The number of ether oxygens (including phenoxy) is 1. The fourth-order valence-electron chi connectivity index (χ4n) is 6.86. The summed E-state index contributed by atoms with van der Waals surface area (Å²) in [4.78, 5) is 39.4. The number of aromatic nitrogens is 2. The van der Waals surface area contributed by atoms with Crippen LogP contribution in [0.1, 0.15) is 69.7 Å². The van der Waals surface area contributed by atoms with E-state index in [4.69, 9.17) is 9.84 Å². The van der Waals surface area contributed by atoms with Crippen LogP contribution in [-0.2, 0) is 0 Å². The molecule has 2 aliphatic heterocycles. The van der Waals surface area contributed by atoms with Gasteiger partial charge in [0.2, 0.25) is 0 Å². The Morgan fingerprint density at radius 1 is 1.17 bits per heavy atom. The summed E-state index contributed by atoms with van der Waals surface area (Å²) >= 11 is 0. The molecule has 0 radical (unpaired) electrons. The maximum Gasteiger partial charge on any atom is 0.404 e. The molecule has 1 saturated carbocycles. The van der Waals surface area contributed by atoms with Gasteiger partial charge in [0.1, 0.15) is 17.9 Å². The third-order valence-electron chi connectivity index (χ3n) is 9.24. The van der Waals surface area contributed by atoms with Gasteiger partial charge < -0.3 is 29.9 Å². The van der Waals surface area contributed by atoms with Crippen molar-refractivity contribution in [3.05, 3.63) is 42.1 Å². The van der Waals surface area contributed by atoms with Crippen LogP contribution in [0.4, 0.5) is 15.0 Å². The van der Waals surface area contributed by atoms with Crippen molar-refractivity contribution in [2.45, 2.75) is 71.4 Å². The molecule has 11 heteroatoms. The van der Waals surface area contributed by atoms with Crippen LogP contribution in [0, 0.1) is 17.2 Å². The van der Waals surface area contributed by atoms with Crippen LogP contribution in [0.25, 0.3) is 0 Å². The number of carboxylic acid groups (broad SMARTS) is 1. The fraction of sp³-hybridized carbons (Fsp3) is 0.613. The molecule has 5 rings (SSSR count). The van der Waals surface area contributed by atoms with E-state index in [1.807, 2.05) is 20.8 Å². The average molecular weight is 583 g/mol. The van der Waals surface area contributed by atoms with E-state index in [0.29, 0.717) is 24.0 Å². The number of nitrogens with zero attached hydrogens (tertiary/aromatic N) is 5. The van der Waals surface area contributed by atoms with Crippen LogP contribution in [-0.4, -0.2) is 88.2 Å². The normalized spacial score (nSPS) is 22.1. The Morgan fingerprint density at radius 3 is 2.52 bits per heavy atom. The first-order chi connectivity index (χ1) is 20.2. The van der Waals surface area contributed by atoms with E-state index in [1.54, 1.807) is 11.1 Å². The number of piperidine rings is 1. The Bertz CT molecular complexity index is 1250. The van der Waals surface area contributed by atoms with Gasteiger partial charge in [-0.25, -0.2) is 19.2 Å². The van der Waals surface area contributed by atoms with Crippen molar-refractivity contribution < 1.29 is 23.8 Å². The number of halogens is 1. The zero-order chi connectivity index (χ0) is 29.9. The SMILES string of the molecule is CCN(C(=O)c1cc(F)ccc1Oc1cncnc1N1CC2(CCN(C[C@H]3CC[C@H](NC(=O)O)CC3)CC2)C1)C(C)C. The number of likely N-dealkylation sites (tertiary alicyclic amines) is 1. The average Bonchev–Trinajstić information content (AvgIpc) is 2.94. The van der Waals surface area contributed by atoms with E-state index in [0.717, 1.165) is 71.2 Å². The molecule has 10 nitrogen and oxygen atoms in total. The highest BCUT2D eigenvalue weighted by Gasteiger charge is 2.46. The molecule has 2 N–H and O–H groups in total. The lowest BCUT2D eigenvalue weighted by atomic mass is 9.71. The number of carbonyl (C=O) groups is 2.